The Labute approximate surface area is 138 Å². The van der Waals surface area contributed by atoms with Gasteiger partial charge in [0.15, 0.2) is 0 Å². The van der Waals surface area contributed by atoms with Gasteiger partial charge in [-0.25, -0.2) is 10.9 Å². The Morgan fingerprint density at radius 1 is 0.818 bits per heavy atom. The van der Waals surface area contributed by atoms with E-state index in [0.717, 1.165) is 0 Å². The largest absolute Gasteiger partial charge is 0.369 e. The average molecular weight is 351 g/mol. The predicted octanol–water partition coefficient (Wildman–Crippen LogP) is -1.63. The van der Waals surface area contributed by atoms with E-state index in [1.165, 1.54) is 24.3 Å². The second-order valence-electron chi connectivity index (χ2n) is 3.54. The maximum absolute atomic E-state index is 11.7. The van der Waals surface area contributed by atoms with Crippen molar-refractivity contribution >= 4 is 48.5 Å². The molecule has 0 aliphatic rings. The monoisotopic (exact) mass is 350 g/mol. The standard InChI is InChI=1S/C10H14N8O2.2ClH/c11-9(12)17-15-7(19)5-2-1-3-6(4-5)8(20)16-18-10(13)14;;/h1-4H,(H,15,19)(H,16,20)(H4,11,12,17)(H4,13,14,18);2*1H. The number of nitrogens with two attached hydrogens (primary N) is 4. The van der Waals surface area contributed by atoms with Crippen LogP contribution in [0.1, 0.15) is 20.7 Å². The minimum atomic E-state index is -0.574. The fraction of sp³-hybridized carbons (Fsp3) is 0. The number of benzene rings is 1. The van der Waals surface area contributed by atoms with Crippen LogP contribution >= 0.6 is 24.8 Å². The number of nitrogens with zero attached hydrogens (tertiary/aromatic N) is 2. The smallest absolute Gasteiger partial charge is 0.271 e. The minimum Gasteiger partial charge on any atom is -0.369 e. The second kappa shape index (κ2) is 10.1. The van der Waals surface area contributed by atoms with Gasteiger partial charge in [0.2, 0.25) is 11.9 Å². The summed E-state index contributed by atoms with van der Waals surface area (Å²) in [6.07, 6.45) is 0. The SMILES string of the molecule is Cl.Cl.NC(N)=NNC(=O)c1cccc(C(=O)NN=C(N)N)c1. The number of hydrogen-bond donors (Lipinski definition) is 6. The maximum Gasteiger partial charge on any atom is 0.271 e. The van der Waals surface area contributed by atoms with Gasteiger partial charge >= 0.3 is 0 Å². The molecule has 0 aliphatic carbocycles. The number of amides is 2. The molecule has 1 aromatic rings. The van der Waals surface area contributed by atoms with E-state index < -0.39 is 11.8 Å². The van der Waals surface area contributed by atoms with Gasteiger partial charge in [-0.3, -0.25) is 9.59 Å². The van der Waals surface area contributed by atoms with Crippen molar-refractivity contribution < 1.29 is 9.59 Å². The Balaban J connectivity index is 0. The van der Waals surface area contributed by atoms with E-state index in [9.17, 15) is 9.59 Å². The first-order valence-electron chi connectivity index (χ1n) is 5.28. The molecule has 12 heteroatoms. The first kappa shape index (κ1) is 21.6. The van der Waals surface area contributed by atoms with Crippen LogP contribution < -0.4 is 33.8 Å². The molecule has 0 saturated heterocycles. The average Bonchev–Trinajstić information content (AvgIpc) is 2.42. The van der Waals surface area contributed by atoms with Crippen molar-refractivity contribution in [1.29, 1.82) is 0 Å². The van der Waals surface area contributed by atoms with Crippen molar-refractivity contribution in [2.45, 2.75) is 0 Å². The molecular formula is C10H16Cl2N8O2. The zero-order valence-corrected chi connectivity index (χ0v) is 12.8. The summed E-state index contributed by atoms with van der Waals surface area (Å²) >= 11 is 0. The topological polar surface area (TPSA) is 187 Å². The van der Waals surface area contributed by atoms with Gasteiger partial charge in [-0.15, -0.1) is 35.0 Å². The summed E-state index contributed by atoms with van der Waals surface area (Å²) in [6.45, 7) is 0. The normalized spacial score (nSPS) is 8.36. The van der Waals surface area contributed by atoms with Gasteiger partial charge < -0.3 is 22.9 Å². The molecule has 0 fully saturated rings. The fourth-order valence-electron chi connectivity index (χ4n) is 1.16. The third-order valence-electron chi connectivity index (χ3n) is 1.96. The van der Waals surface area contributed by atoms with Crippen LogP contribution in [0.25, 0.3) is 0 Å². The Morgan fingerprint density at radius 2 is 1.18 bits per heavy atom. The van der Waals surface area contributed by atoms with Crippen molar-refractivity contribution in [3.63, 3.8) is 0 Å². The lowest BCUT2D eigenvalue weighted by Crippen LogP contribution is -2.30. The molecule has 0 spiro atoms. The number of rotatable bonds is 4. The first-order chi connectivity index (χ1) is 9.40. The number of hydrazone groups is 2. The molecule has 2 amide bonds. The maximum atomic E-state index is 11.7. The van der Waals surface area contributed by atoms with Crippen LogP contribution in [0.15, 0.2) is 34.5 Å². The molecule has 0 saturated carbocycles. The molecule has 1 rings (SSSR count). The molecule has 22 heavy (non-hydrogen) atoms. The van der Waals surface area contributed by atoms with Gasteiger partial charge in [-0.1, -0.05) is 6.07 Å². The van der Waals surface area contributed by atoms with Crippen molar-refractivity contribution in [1.82, 2.24) is 10.9 Å². The Hall–Kier alpha value is -2.72. The summed E-state index contributed by atoms with van der Waals surface area (Å²) in [6, 6.07) is 5.80. The lowest BCUT2D eigenvalue weighted by molar-refractivity contribution is 0.0954. The lowest BCUT2D eigenvalue weighted by Gasteiger charge is -2.03. The zero-order valence-electron chi connectivity index (χ0n) is 11.1. The van der Waals surface area contributed by atoms with Crippen LogP contribution in [0.5, 0.6) is 0 Å². The number of carbonyl (C=O) groups is 2. The summed E-state index contributed by atoms with van der Waals surface area (Å²) in [4.78, 5) is 23.3. The molecule has 0 radical (unpaired) electrons. The van der Waals surface area contributed by atoms with E-state index in [2.05, 4.69) is 21.1 Å². The highest BCUT2D eigenvalue weighted by atomic mass is 35.5. The van der Waals surface area contributed by atoms with Crippen LogP contribution in [0.4, 0.5) is 0 Å². The quantitative estimate of drug-likeness (QED) is 0.214. The van der Waals surface area contributed by atoms with E-state index in [0.29, 0.717) is 0 Å². The lowest BCUT2D eigenvalue weighted by atomic mass is 10.1. The minimum absolute atomic E-state index is 0. The molecule has 0 heterocycles. The molecule has 0 atom stereocenters. The second-order valence-corrected chi connectivity index (χ2v) is 3.54. The summed E-state index contributed by atoms with van der Waals surface area (Å²) < 4.78 is 0. The van der Waals surface area contributed by atoms with Gasteiger partial charge in [0.25, 0.3) is 11.8 Å². The van der Waals surface area contributed by atoms with Crippen molar-refractivity contribution in [2.24, 2.45) is 33.1 Å². The van der Waals surface area contributed by atoms with E-state index in [-0.39, 0.29) is 47.9 Å². The van der Waals surface area contributed by atoms with E-state index >= 15 is 0 Å². The van der Waals surface area contributed by atoms with Crippen molar-refractivity contribution in [3.05, 3.63) is 35.4 Å². The molecule has 0 unspecified atom stereocenters. The van der Waals surface area contributed by atoms with Crippen LogP contribution in [-0.2, 0) is 0 Å². The number of nitrogens with one attached hydrogen (secondary N) is 2. The number of carbonyl (C=O) groups excluding carboxylic acids is 2. The number of guanidine groups is 2. The van der Waals surface area contributed by atoms with E-state index in [1.807, 2.05) is 0 Å². The molecular weight excluding hydrogens is 335 g/mol. The highest BCUT2D eigenvalue weighted by Gasteiger charge is 2.09. The number of halogens is 2. The van der Waals surface area contributed by atoms with Gasteiger partial charge in [0.1, 0.15) is 0 Å². The van der Waals surface area contributed by atoms with Gasteiger partial charge in [0, 0.05) is 11.1 Å². The molecule has 0 aliphatic heterocycles. The van der Waals surface area contributed by atoms with E-state index in [4.69, 9.17) is 22.9 Å². The van der Waals surface area contributed by atoms with Crippen LogP contribution in [0, 0.1) is 0 Å². The highest BCUT2D eigenvalue weighted by molar-refractivity contribution is 6.00. The van der Waals surface area contributed by atoms with E-state index in [1.54, 1.807) is 0 Å². The molecule has 0 bridgehead atoms. The summed E-state index contributed by atoms with van der Waals surface area (Å²) in [5.41, 5.74) is 24.9. The summed E-state index contributed by atoms with van der Waals surface area (Å²) in [7, 11) is 0. The summed E-state index contributed by atoms with van der Waals surface area (Å²) in [5, 5.41) is 6.70. The highest BCUT2D eigenvalue weighted by Crippen LogP contribution is 2.05. The number of hydrogen-bond acceptors (Lipinski definition) is 4. The van der Waals surface area contributed by atoms with Gasteiger partial charge in [-0.05, 0) is 18.2 Å². The summed E-state index contributed by atoms with van der Waals surface area (Å²) in [5.74, 6) is -1.73. The fourth-order valence-corrected chi connectivity index (χ4v) is 1.16. The van der Waals surface area contributed by atoms with Crippen molar-refractivity contribution in [3.8, 4) is 0 Å². The predicted molar refractivity (Wildman–Crippen MR) is 87.5 cm³/mol. The van der Waals surface area contributed by atoms with Gasteiger partial charge in [0.05, 0.1) is 0 Å². The third kappa shape index (κ3) is 7.17. The van der Waals surface area contributed by atoms with Gasteiger partial charge in [-0.2, -0.15) is 0 Å². The molecule has 1 aromatic carbocycles. The first-order valence-corrected chi connectivity index (χ1v) is 5.28. The Bertz CT molecular complexity index is 535. The van der Waals surface area contributed by atoms with Crippen LogP contribution in [0.3, 0.4) is 0 Å². The van der Waals surface area contributed by atoms with Crippen LogP contribution in [0.2, 0.25) is 0 Å². The third-order valence-corrected chi connectivity index (χ3v) is 1.96. The van der Waals surface area contributed by atoms with Crippen molar-refractivity contribution in [2.75, 3.05) is 0 Å². The Morgan fingerprint density at radius 3 is 1.50 bits per heavy atom. The molecule has 10 N–H and O–H groups in total. The Kier molecular flexibility index (Phi) is 9.88. The molecule has 10 nitrogen and oxygen atoms in total. The zero-order chi connectivity index (χ0) is 15.1. The van der Waals surface area contributed by atoms with Crippen LogP contribution in [-0.4, -0.2) is 23.7 Å². The molecule has 0 aromatic heterocycles. The molecule has 122 valence electrons.